The Kier molecular flexibility index (Phi) is 4.49. The summed E-state index contributed by atoms with van der Waals surface area (Å²) in [5, 5.41) is 13.2. The summed E-state index contributed by atoms with van der Waals surface area (Å²) in [4.78, 5) is 58.5. The van der Waals surface area contributed by atoms with Gasteiger partial charge in [0.2, 0.25) is 23.6 Å². The van der Waals surface area contributed by atoms with Crippen molar-refractivity contribution in [3.05, 3.63) is 59.7 Å². The highest BCUT2D eigenvalue weighted by Crippen LogP contribution is 2.68. The van der Waals surface area contributed by atoms with Crippen LogP contribution in [0.15, 0.2) is 48.5 Å². The predicted octanol–water partition coefficient (Wildman–Crippen LogP) is 1.24. The van der Waals surface area contributed by atoms with Crippen LogP contribution >= 0.6 is 0 Å². The van der Waals surface area contributed by atoms with Crippen LogP contribution in [0, 0.1) is 5.92 Å². The van der Waals surface area contributed by atoms with E-state index in [1.165, 1.54) is 0 Å². The van der Waals surface area contributed by atoms with E-state index >= 15 is 0 Å². The summed E-state index contributed by atoms with van der Waals surface area (Å²) >= 11 is 0. The lowest BCUT2D eigenvalue weighted by Gasteiger charge is -2.48. The van der Waals surface area contributed by atoms with Crippen LogP contribution in [0.1, 0.15) is 44.7 Å². The molecular formula is C30H32N6O4. The summed E-state index contributed by atoms with van der Waals surface area (Å²) in [6.07, 6.45) is -0.292. The van der Waals surface area contributed by atoms with Gasteiger partial charge in [-0.1, -0.05) is 50.2 Å². The molecule has 6 aliphatic heterocycles. The first-order valence-electron chi connectivity index (χ1n) is 14.2. The van der Waals surface area contributed by atoms with Crippen molar-refractivity contribution in [2.45, 2.75) is 80.9 Å². The van der Waals surface area contributed by atoms with E-state index in [2.05, 4.69) is 33.4 Å². The fourth-order valence-corrected chi connectivity index (χ4v) is 8.91. The van der Waals surface area contributed by atoms with E-state index in [0.29, 0.717) is 12.8 Å². The van der Waals surface area contributed by atoms with Gasteiger partial charge >= 0.3 is 0 Å². The Morgan fingerprint density at radius 2 is 1.18 bits per heavy atom. The maximum Gasteiger partial charge on any atom is 0.247 e. The molecule has 6 heterocycles. The molecule has 8 rings (SSSR count). The van der Waals surface area contributed by atoms with E-state index in [1.807, 2.05) is 50.2 Å². The van der Waals surface area contributed by atoms with Crippen LogP contribution in [0.2, 0.25) is 0 Å². The third-order valence-electron chi connectivity index (χ3n) is 10.5. The summed E-state index contributed by atoms with van der Waals surface area (Å²) in [5.41, 5.74) is 2.27. The van der Waals surface area contributed by atoms with E-state index < -0.39 is 47.3 Å². The summed E-state index contributed by atoms with van der Waals surface area (Å²) in [7, 11) is 0. The molecule has 0 radical (unpaired) electrons. The molecule has 0 spiro atoms. The minimum atomic E-state index is -0.793. The van der Waals surface area contributed by atoms with Crippen molar-refractivity contribution in [2.75, 3.05) is 10.6 Å². The number of hydrogen-bond acceptors (Lipinski definition) is 6. The maximum absolute atomic E-state index is 14.1. The number of para-hydroxylation sites is 2. The van der Waals surface area contributed by atoms with Crippen LogP contribution in [-0.4, -0.2) is 69.9 Å². The van der Waals surface area contributed by atoms with Crippen LogP contribution in [0.3, 0.4) is 0 Å². The Hall–Kier alpha value is -4.08. The Bertz CT molecular complexity index is 1530. The lowest BCUT2D eigenvalue weighted by molar-refractivity contribution is -0.150. The molecule has 40 heavy (non-hydrogen) atoms. The Labute approximate surface area is 231 Å². The standard InChI is InChI=1S/C30H32N6O4/c1-14(2)22-26(40)36-21(24(38)34-22)13-30(17-9-5-7-11-19(17)33-28(30)36)29-12-20-23(37)31-15(3)25(39)35(20)27(29)32-18-10-6-4-8-16(18)29/h4-11,14-15,20-22,27-28,32-33H,12-13H2,1-3H3,(H,31,37)(H,34,38)/t15-,20-,21+,22+,27+,28-,29-,30+/m0/s1. The molecule has 10 heteroatoms. The number of carbonyl (C=O) groups is 4. The monoisotopic (exact) mass is 540 g/mol. The van der Waals surface area contributed by atoms with Crippen molar-refractivity contribution in [2.24, 2.45) is 5.92 Å². The quantitative estimate of drug-likeness (QED) is 0.455. The Morgan fingerprint density at radius 3 is 1.70 bits per heavy atom. The summed E-state index contributed by atoms with van der Waals surface area (Å²) in [5.74, 6) is -0.627. The molecule has 0 bridgehead atoms. The average Bonchev–Trinajstić information content (AvgIpc) is 3.63. The fourth-order valence-electron chi connectivity index (χ4n) is 8.91. The zero-order valence-corrected chi connectivity index (χ0v) is 22.6. The van der Waals surface area contributed by atoms with Crippen LogP contribution in [0.5, 0.6) is 0 Å². The second-order valence-corrected chi connectivity index (χ2v) is 12.5. The first-order valence-corrected chi connectivity index (χ1v) is 14.2. The zero-order chi connectivity index (χ0) is 27.7. The molecule has 0 aliphatic carbocycles. The largest absolute Gasteiger partial charge is 0.364 e. The van der Waals surface area contributed by atoms with Crippen molar-refractivity contribution in [3.8, 4) is 0 Å². The summed E-state index contributed by atoms with van der Waals surface area (Å²) in [6.45, 7) is 5.60. The number of benzene rings is 2. The molecule has 6 aliphatic rings. The molecule has 0 saturated carbocycles. The van der Waals surface area contributed by atoms with Crippen LogP contribution < -0.4 is 21.3 Å². The topological polar surface area (TPSA) is 123 Å². The second-order valence-electron chi connectivity index (χ2n) is 12.5. The lowest BCUT2D eigenvalue weighted by atomic mass is 9.54. The lowest BCUT2D eigenvalue weighted by Crippen LogP contribution is -2.67. The number of nitrogens with one attached hydrogen (secondary N) is 4. The summed E-state index contributed by atoms with van der Waals surface area (Å²) in [6, 6.07) is 13.5. The van der Waals surface area contributed by atoms with E-state index in [-0.39, 0.29) is 29.5 Å². The minimum Gasteiger partial charge on any atom is -0.364 e. The van der Waals surface area contributed by atoms with Gasteiger partial charge in [-0.25, -0.2) is 0 Å². The molecule has 4 amide bonds. The van der Waals surface area contributed by atoms with E-state index in [1.54, 1.807) is 16.7 Å². The van der Waals surface area contributed by atoms with Gasteiger partial charge in [0, 0.05) is 11.4 Å². The van der Waals surface area contributed by atoms with Crippen molar-refractivity contribution in [1.29, 1.82) is 0 Å². The zero-order valence-electron chi connectivity index (χ0n) is 22.6. The molecule has 2 aromatic carbocycles. The van der Waals surface area contributed by atoms with Crippen molar-refractivity contribution >= 4 is 35.0 Å². The third-order valence-corrected chi connectivity index (χ3v) is 10.5. The molecule has 4 N–H and O–H groups in total. The minimum absolute atomic E-state index is 0.0702. The molecule has 8 atom stereocenters. The van der Waals surface area contributed by atoms with Gasteiger partial charge in [0.25, 0.3) is 0 Å². The number of nitrogens with zero attached hydrogens (tertiary/aromatic N) is 2. The van der Waals surface area contributed by atoms with E-state index in [4.69, 9.17) is 0 Å². The molecule has 2 aromatic rings. The van der Waals surface area contributed by atoms with Gasteiger partial charge in [0.15, 0.2) is 0 Å². The number of hydrogen-bond donors (Lipinski definition) is 4. The van der Waals surface area contributed by atoms with E-state index in [9.17, 15) is 19.2 Å². The Balaban J connectivity index is 1.41. The smallest absolute Gasteiger partial charge is 0.247 e. The molecule has 0 aromatic heterocycles. The van der Waals surface area contributed by atoms with Crippen LogP contribution in [0.4, 0.5) is 11.4 Å². The number of carbonyl (C=O) groups excluding carboxylic acids is 4. The van der Waals surface area contributed by atoms with Gasteiger partial charge in [-0.05, 0) is 48.9 Å². The molecule has 10 nitrogen and oxygen atoms in total. The first-order chi connectivity index (χ1) is 19.2. The van der Waals surface area contributed by atoms with Crippen molar-refractivity contribution in [3.63, 3.8) is 0 Å². The molecule has 0 unspecified atom stereocenters. The van der Waals surface area contributed by atoms with Gasteiger partial charge in [0.1, 0.15) is 36.5 Å². The maximum atomic E-state index is 14.1. The highest BCUT2D eigenvalue weighted by atomic mass is 16.2. The van der Waals surface area contributed by atoms with Crippen molar-refractivity contribution < 1.29 is 19.2 Å². The molecule has 206 valence electrons. The van der Waals surface area contributed by atoms with Crippen LogP contribution in [0.25, 0.3) is 0 Å². The first kappa shape index (κ1) is 23.8. The number of piperazine rings is 2. The Morgan fingerprint density at radius 1 is 0.700 bits per heavy atom. The van der Waals surface area contributed by atoms with E-state index in [0.717, 1.165) is 22.5 Å². The van der Waals surface area contributed by atoms with Gasteiger partial charge < -0.3 is 31.1 Å². The highest BCUT2D eigenvalue weighted by molar-refractivity contribution is 6.01. The van der Waals surface area contributed by atoms with Gasteiger partial charge in [-0.2, -0.15) is 0 Å². The summed E-state index contributed by atoms with van der Waals surface area (Å²) < 4.78 is 0. The van der Waals surface area contributed by atoms with Gasteiger partial charge in [-0.3, -0.25) is 19.2 Å². The van der Waals surface area contributed by atoms with Crippen LogP contribution in [-0.2, 0) is 30.0 Å². The third kappa shape index (κ3) is 2.51. The number of anilines is 2. The molecule has 4 saturated heterocycles. The van der Waals surface area contributed by atoms with Crippen molar-refractivity contribution in [1.82, 2.24) is 20.4 Å². The predicted molar refractivity (Wildman–Crippen MR) is 146 cm³/mol. The van der Waals surface area contributed by atoms with Gasteiger partial charge in [-0.15, -0.1) is 0 Å². The second kappa shape index (κ2) is 7.56. The normalized spacial score (nSPS) is 38.5. The molecule has 4 fully saturated rings. The number of amides is 4. The number of fused-ring (bicyclic) bond motifs is 11. The van der Waals surface area contributed by atoms with Gasteiger partial charge in [0.05, 0.1) is 10.8 Å². The number of rotatable bonds is 2. The SMILES string of the molecule is CC(C)[C@H]1NC(=O)[C@H]2C[C@@]3([C@]45C[C@H]6C(=O)N[C@@H](C)C(=O)N6[C@H]4Nc4ccccc45)c4ccccc4N[C@H]3N2C1=O. The highest BCUT2D eigenvalue weighted by Gasteiger charge is 2.78. The molecular weight excluding hydrogens is 508 g/mol. The fraction of sp³-hybridized carbons (Fsp3) is 0.467. The average molecular weight is 541 g/mol.